The van der Waals surface area contributed by atoms with Gasteiger partial charge in [-0.05, 0) is 32.6 Å². The van der Waals surface area contributed by atoms with Gasteiger partial charge in [-0.1, -0.05) is 114 Å². The second kappa shape index (κ2) is 23.0. The lowest BCUT2D eigenvalue weighted by Gasteiger charge is -2.03. The van der Waals surface area contributed by atoms with Crippen molar-refractivity contribution >= 4 is 5.97 Å². The maximum absolute atomic E-state index is 10.4. The van der Waals surface area contributed by atoms with E-state index in [2.05, 4.69) is 31.2 Å². The van der Waals surface area contributed by atoms with Gasteiger partial charge in [0.1, 0.15) is 0 Å². The molecule has 2 nitrogen and oxygen atoms in total. The van der Waals surface area contributed by atoms with Crippen LogP contribution in [0.5, 0.6) is 0 Å². The lowest BCUT2D eigenvalue weighted by Crippen LogP contribution is -1.93. The molecule has 1 N–H and O–H groups in total. The lowest BCUT2D eigenvalue weighted by molar-refractivity contribution is -0.137. The summed E-state index contributed by atoms with van der Waals surface area (Å²) in [5, 5.41) is 8.58. The molecule has 0 aliphatic carbocycles. The minimum atomic E-state index is -0.654. The van der Waals surface area contributed by atoms with E-state index in [1.807, 2.05) is 0 Å². The van der Waals surface area contributed by atoms with E-state index in [9.17, 15) is 4.79 Å². The maximum atomic E-state index is 10.4. The molecule has 0 amide bonds. The van der Waals surface area contributed by atoms with Crippen LogP contribution in [0.15, 0.2) is 24.3 Å². The predicted octanol–water partition coefficient (Wildman–Crippen LogP) is 8.62. The Balaban J connectivity index is 3.05. The number of carbonyl (C=O) groups is 1. The Hall–Kier alpha value is -1.05. The minimum absolute atomic E-state index is 0.342. The Kier molecular flexibility index (Phi) is 22.1. The van der Waals surface area contributed by atoms with Gasteiger partial charge in [-0.3, -0.25) is 4.79 Å². The molecule has 0 aliphatic heterocycles. The molecule has 0 atom stereocenters. The van der Waals surface area contributed by atoms with Crippen LogP contribution >= 0.6 is 0 Å². The number of aliphatic carboxylic acids is 1. The van der Waals surface area contributed by atoms with Crippen molar-refractivity contribution in [1.82, 2.24) is 0 Å². The van der Waals surface area contributed by atoms with Gasteiger partial charge >= 0.3 is 5.97 Å². The lowest BCUT2D eigenvalue weighted by atomic mass is 10.0. The molecule has 0 aliphatic rings. The van der Waals surface area contributed by atoms with Crippen molar-refractivity contribution < 1.29 is 9.90 Å². The van der Waals surface area contributed by atoms with Crippen LogP contribution in [0.1, 0.15) is 129 Å². The largest absolute Gasteiger partial charge is 0.481 e. The Morgan fingerprint density at radius 1 is 0.593 bits per heavy atom. The summed E-state index contributed by atoms with van der Waals surface area (Å²) in [4.78, 5) is 10.4. The highest BCUT2D eigenvalue weighted by Crippen LogP contribution is 2.14. The van der Waals surface area contributed by atoms with E-state index in [-0.39, 0.29) is 0 Å². The summed E-state index contributed by atoms with van der Waals surface area (Å²) in [6.45, 7) is 2.07. The van der Waals surface area contributed by atoms with E-state index in [0.717, 1.165) is 19.3 Å². The third kappa shape index (κ3) is 24.9. The normalized spacial score (nSPS) is 11.7. The first-order valence-corrected chi connectivity index (χ1v) is 11.8. The molecule has 0 fully saturated rings. The Morgan fingerprint density at radius 2 is 1.00 bits per heavy atom. The van der Waals surface area contributed by atoms with Crippen molar-refractivity contribution in [3.05, 3.63) is 24.3 Å². The van der Waals surface area contributed by atoms with Gasteiger partial charge in [0, 0.05) is 6.42 Å². The summed E-state index contributed by atoms with van der Waals surface area (Å²) >= 11 is 0. The standard InChI is InChI=1S/C25H46O2/c1-2-3-4-5-6-7-8-9-10-11-12-13-14-15-16-17-18-19-20-21-22-23-24-25(26)27/h2-3,5-6H,4,7-24H2,1H3,(H,26,27). The molecule has 0 radical (unpaired) electrons. The van der Waals surface area contributed by atoms with E-state index in [4.69, 9.17) is 5.11 Å². The molecule has 2 heteroatoms. The molecule has 0 aromatic heterocycles. The molecule has 0 aromatic carbocycles. The summed E-state index contributed by atoms with van der Waals surface area (Å²) < 4.78 is 0. The Labute approximate surface area is 169 Å². The number of rotatable bonds is 21. The monoisotopic (exact) mass is 378 g/mol. The first kappa shape index (κ1) is 26.0. The summed E-state index contributed by atoms with van der Waals surface area (Å²) in [7, 11) is 0. The fraction of sp³-hybridized carbons (Fsp3) is 0.800. The molecule has 0 aromatic rings. The van der Waals surface area contributed by atoms with Crippen LogP contribution in [0.3, 0.4) is 0 Å². The molecule has 0 rings (SSSR count). The molecule has 27 heavy (non-hydrogen) atoms. The van der Waals surface area contributed by atoms with Crippen LogP contribution in [-0.2, 0) is 4.79 Å². The average Bonchev–Trinajstić information content (AvgIpc) is 2.65. The van der Waals surface area contributed by atoms with Gasteiger partial charge in [-0.15, -0.1) is 0 Å². The van der Waals surface area contributed by atoms with E-state index in [0.29, 0.717) is 6.42 Å². The molecule has 0 unspecified atom stereocenters. The van der Waals surface area contributed by atoms with Crippen molar-refractivity contribution in [3.8, 4) is 0 Å². The van der Waals surface area contributed by atoms with E-state index in [1.54, 1.807) is 0 Å². The number of carboxylic acid groups (broad SMARTS) is 1. The predicted molar refractivity (Wildman–Crippen MR) is 119 cm³/mol. The Morgan fingerprint density at radius 3 is 1.41 bits per heavy atom. The van der Waals surface area contributed by atoms with E-state index < -0.39 is 5.97 Å². The highest BCUT2D eigenvalue weighted by atomic mass is 16.4. The van der Waals surface area contributed by atoms with Crippen LogP contribution in [0, 0.1) is 0 Å². The summed E-state index contributed by atoms with van der Waals surface area (Å²) in [6, 6.07) is 0. The SMILES string of the molecule is CC=CCC=CCCCCCCCCCCCCCCCCCCC(=O)O. The average molecular weight is 379 g/mol. The molecular weight excluding hydrogens is 332 g/mol. The summed E-state index contributed by atoms with van der Waals surface area (Å²) in [6.07, 6.45) is 32.8. The number of hydrogen-bond acceptors (Lipinski definition) is 1. The molecule has 158 valence electrons. The van der Waals surface area contributed by atoms with Crippen molar-refractivity contribution in [3.63, 3.8) is 0 Å². The van der Waals surface area contributed by atoms with Crippen LogP contribution in [0.25, 0.3) is 0 Å². The second-order valence-electron chi connectivity index (χ2n) is 7.87. The fourth-order valence-corrected chi connectivity index (χ4v) is 3.44. The number of unbranched alkanes of at least 4 members (excludes halogenated alkanes) is 16. The highest BCUT2D eigenvalue weighted by molar-refractivity contribution is 5.66. The number of carboxylic acids is 1. The number of allylic oxidation sites excluding steroid dienone is 4. The van der Waals surface area contributed by atoms with Crippen LogP contribution < -0.4 is 0 Å². The maximum Gasteiger partial charge on any atom is 0.303 e. The zero-order chi connectivity index (χ0) is 19.8. The second-order valence-corrected chi connectivity index (χ2v) is 7.87. The zero-order valence-electron chi connectivity index (χ0n) is 18.1. The summed E-state index contributed by atoms with van der Waals surface area (Å²) in [5.74, 6) is -0.654. The van der Waals surface area contributed by atoms with Crippen molar-refractivity contribution in [2.75, 3.05) is 0 Å². The van der Waals surface area contributed by atoms with Crippen molar-refractivity contribution in [2.45, 2.75) is 129 Å². The van der Waals surface area contributed by atoms with Gasteiger partial charge in [0.2, 0.25) is 0 Å². The van der Waals surface area contributed by atoms with Gasteiger partial charge in [0.15, 0.2) is 0 Å². The third-order valence-electron chi connectivity index (χ3n) is 5.19. The van der Waals surface area contributed by atoms with Gasteiger partial charge in [0.05, 0.1) is 0 Å². The first-order chi connectivity index (χ1) is 13.3. The first-order valence-electron chi connectivity index (χ1n) is 11.8. The fourth-order valence-electron chi connectivity index (χ4n) is 3.44. The Bertz CT molecular complexity index is 357. The highest BCUT2D eigenvalue weighted by Gasteiger charge is 1.97. The van der Waals surface area contributed by atoms with Crippen molar-refractivity contribution in [2.24, 2.45) is 0 Å². The van der Waals surface area contributed by atoms with Gasteiger partial charge in [-0.2, -0.15) is 0 Å². The van der Waals surface area contributed by atoms with Gasteiger partial charge in [0.25, 0.3) is 0 Å². The quantitative estimate of drug-likeness (QED) is 0.160. The molecule has 0 spiro atoms. The van der Waals surface area contributed by atoms with Gasteiger partial charge in [-0.25, -0.2) is 0 Å². The van der Waals surface area contributed by atoms with Crippen LogP contribution in [0.2, 0.25) is 0 Å². The molecular formula is C25H46O2. The van der Waals surface area contributed by atoms with Gasteiger partial charge < -0.3 is 5.11 Å². The molecule has 0 saturated carbocycles. The zero-order valence-corrected chi connectivity index (χ0v) is 18.1. The van der Waals surface area contributed by atoms with Crippen LogP contribution in [-0.4, -0.2) is 11.1 Å². The minimum Gasteiger partial charge on any atom is -0.481 e. The smallest absolute Gasteiger partial charge is 0.303 e. The third-order valence-corrected chi connectivity index (χ3v) is 5.19. The van der Waals surface area contributed by atoms with Crippen molar-refractivity contribution in [1.29, 1.82) is 0 Å². The molecule has 0 saturated heterocycles. The topological polar surface area (TPSA) is 37.3 Å². The molecule has 0 bridgehead atoms. The molecule has 0 heterocycles. The summed E-state index contributed by atoms with van der Waals surface area (Å²) in [5.41, 5.74) is 0. The number of hydrogen-bond donors (Lipinski definition) is 1. The van der Waals surface area contributed by atoms with E-state index >= 15 is 0 Å². The van der Waals surface area contributed by atoms with Crippen LogP contribution in [0.4, 0.5) is 0 Å². The van der Waals surface area contributed by atoms with E-state index in [1.165, 1.54) is 96.3 Å².